The molecule has 12 heavy (non-hydrogen) atoms. The first kappa shape index (κ1) is 9.92. The largest absolute Gasteiger partial charge is 0.389 e. The fraction of sp³-hybridized carbons (Fsp3) is 1.00. The molecule has 0 aromatic carbocycles. The predicted octanol–water partition coefficient (Wildman–Crippen LogP) is -0.943. The van der Waals surface area contributed by atoms with Crippen molar-refractivity contribution in [1.82, 2.24) is 4.90 Å². The summed E-state index contributed by atoms with van der Waals surface area (Å²) in [6.45, 7) is 2.12. The SMILES string of the molecule is CC1OCC(O)C(N(C)C)C1O. The number of likely N-dealkylation sites (N-methyl/N-ethyl adjacent to an activating group) is 1. The summed E-state index contributed by atoms with van der Waals surface area (Å²) in [5, 5.41) is 19.2. The van der Waals surface area contributed by atoms with Crippen LogP contribution < -0.4 is 0 Å². The summed E-state index contributed by atoms with van der Waals surface area (Å²) in [6.07, 6.45) is -1.39. The van der Waals surface area contributed by atoms with E-state index in [0.717, 1.165) is 0 Å². The lowest BCUT2D eigenvalue weighted by Crippen LogP contribution is -2.57. The molecule has 1 rings (SSSR count). The molecule has 0 bridgehead atoms. The molecule has 0 spiro atoms. The Morgan fingerprint density at radius 3 is 2.33 bits per heavy atom. The molecule has 1 heterocycles. The molecule has 0 aliphatic carbocycles. The first-order chi connectivity index (χ1) is 5.54. The zero-order chi connectivity index (χ0) is 9.30. The van der Waals surface area contributed by atoms with Gasteiger partial charge in [-0.2, -0.15) is 0 Å². The maximum Gasteiger partial charge on any atom is 0.0979 e. The molecular weight excluding hydrogens is 158 g/mol. The molecule has 0 radical (unpaired) electrons. The van der Waals surface area contributed by atoms with Crippen molar-refractivity contribution in [3.8, 4) is 0 Å². The van der Waals surface area contributed by atoms with Crippen molar-refractivity contribution in [2.24, 2.45) is 0 Å². The number of rotatable bonds is 1. The third kappa shape index (κ3) is 1.77. The Hall–Kier alpha value is -0.160. The lowest BCUT2D eigenvalue weighted by Gasteiger charge is -2.40. The van der Waals surface area contributed by atoms with E-state index >= 15 is 0 Å². The molecule has 0 saturated carbocycles. The number of hydrogen-bond donors (Lipinski definition) is 2. The van der Waals surface area contributed by atoms with Gasteiger partial charge in [-0.25, -0.2) is 0 Å². The van der Waals surface area contributed by atoms with Gasteiger partial charge in [0.15, 0.2) is 0 Å². The van der Waals surface area contributed by atoms with E-state index in [1.807, 2.05) is 25.9 Å². The summed E-state index contributed by atoms with van der Waals surface area (Å²) in [4.78, 5) is 1.83. The Balaban J connectivity index is 2.65. The second kappa shape index (κ2) is 3.70. The normalized spacial score (nSPS) is 43.5. The summed E-state index contributed by atoms with van der Waals surface area (Å²) in [6, 6.07) is -0.214. The van der Waals surface area contributed by atoms with Crippen LogP contribution in [0.25, 0.3) is 0 Å². The fourth-order valence-electron chi connectivity index (χ4n) is 1.60. The Morgan fingerprint density at radius 2 is 1.92 bits per heavy atom. The van der Waals surface area contributed by atoms with Gasteiger partial charge in [-0.05, 0) is 21.0 Å². The van der Waals surface area contributed by atoms with Crippen LogP contribution in [0.3, 0.4) is 0 Å². The molecule has 2 N–H and O–H groups in total. The van der Waals surface area contributed by atoms with Gasteiger partial charge in [-0.15, -0.1) is 0 Å². The van der Waals surface area contributed by atoms with Gasteiger partial charge in [0, 0.05) is 0 Å². The van der Waals surface area contributed by atoms with Gasteiger partial charge >= 0.3 is 0 Å². The summed E-state index contributed by atoms with van der Waals surface area (Å²) in [5.74, 6) is 0. The minimum atomic E-state index is -0.608. The van der Waals surface area contributed by atoms with Crippen LogP contribution in [0.1, 0.15) is 6.92 Å². The second-order valence-corrected chi connectivity index (χ2v) is 3.55. The Bertz CT molecular complexity index is 151. The smallest absolute Gasteiger partial charge is 0.0979 e. The minimum absolute atomic E-state index is 0.194. The first-order valence-corrected chi connectivity index (χ1v) is 4.18. The van der Waals surface area contributed by atoms with E-state index < -0.39 is 12.2 Å². The van der Waals surface area contributed by atoms with E-state index in [1.165, 1.54) is 0 Å². The Kier molecular flexibility index (Phi) is 3.06. The van der Waals surface area contributed by atoms with Gasteiger partial charge in [0.2, 0.25) is 0 Å². The third-order valence-electron chi connectivity index (χ3n) is 2.35. The predicted molar refractivity (Wildman–Crippen MR) is 44.9 cm³/mol. The molecule has 1 aliphatic rings. The van der Waals surface area contributed by atoms with Crippen LogP contribution >= 0.6 is 0 Å². The second-order valence-electron chi connectivity index (χ2n) is 3.55. The van der Waals surface area contributed by atoms with Crippen LogP contribution in [-0.4, -0.2) is 60.2 Å². The average molecular weight is 175 g/mol. The maximum absolute atomic E-state index is 9.65. The zero-order valence-corrected chi connectivity index (χ0v) is 7.77. The number of hydrogen-bond acceptors (Lipinski definition) is 4. The van der Waals surface area contributed by atoms with Crippen molar-refractivity contribution in [2.45, 2.75) is 31.3 Å². The summed E-state index contributed by atoms with van der Waals surface area (Å²) >= 11 is 0. The van der Waals surface area contributed by atoms with Crippen LogP contribution in [0.15, 0.2) is 0 Å². The molecule has 4 unspecified atom stereocenters. The van der Waals surface area contributed by atoms with E-state index in [1.54, 1.807) is 0 Å². The summed E-state index contributed by atoms with van der Waals surface area (Å²) in [7, 11) is 3.68. The van der Waals surface area contributed by atoms with Crippen molar-refractivity contribution in [1.29, 1.82) is 0 Å². The molecule has 0 aromatic rings. The van der Waals surface area contributed by atoms with Crippen molar-refractivity contribution in [3.63, 3.8) is 0 Å². The average Bonchev–Trinajstić information content (AvgIpc) is 1.97. The molecule has 1 saturated heterocycles. The fourth-order valence-corrected chi connectivity index (χ4v) is 1.60. The van der Waals surface area contributed by atoms with Crippen molar-refractivity contribution < 1.29 is 14.9 Å². The quantitative estimate of drug-likeness (QED) is 0.540. The minimum Gasteiger partial charge on any atom is -0.389 e. The van der Waals surface area contributed by atoms with Gasteiger partial charge in [-0.1, -0.05) is 0 Å². The summed E-state index contributed by atoms with van der Waals surface area (Å²) < 4.78 is 5.16. The van der Waals surface area contributed by atoms with E-state index in [9.17, 15) is 10.2 Å². The number of aliphatic hydroxyl groups is 2. The standard InChI is InChI=1S/C8H17NO3/c1-5-8(11)7(9(2)3)6(10)4-12-5/h5-8,10-11H,4H2,1-3H3. The molecule has 1 aliphatic heterocycles. The van der Waals surface area contributed by atoms with Crippen LogP contribution in [0.2, 0.25) is 0 Å². The molecule has 4 nitrogen and oxygen atoms in total. The highest BCUT2D eigenvalue weighted by Crippen LogP contribution is 2.18. The van der Waals surface area contributed by atoms with Crippen LogP contribution in [-0.2, 0) is 4.74 Å². The van der Waals surface area contributed by atoms with E-state index in [2.05, 4.69) is 0 Å². The Labute approximate surface area is 72.7 Å². The molecule has 4 heteroatoms. The number of nitrogens with zero attached hydrogens (tertiary/aromatic N) is 1. The van der Waals surface area contributed by atoms with Crippen LogP contribution in [0.5, 0.6) is 0 Å². The summed E-state index contributed by atoms with van der Waals surface area (Å²) in [5.41, 5.74) is 0. The van der Waals surface area contributed by atoms with Crippen LogP contribution in [0.4, 0.5) is 0 Å². The molecule has 1 fully saturated rings. The van der Waals surface area contributed by atoms with Gasteiger partial charge in [-0.3, -0.25) is 0 Å². The van der Waals surface area contributed by atoms with Gasteiger partial charge in [0.1, 0.15) is 0 Å². The molecule has 0 aromatic heterocycles. The molecule has 4 atom stereocenters. The van der Waals surface area contributed by atoms with Crippen molar-refractivity contribution in [3.05, 3.63) is 0 Å². The highest BCUT2D eigenvalue weighted by molar-refractivity contribution is 4.89. The van der Waals surface area contributed by atoms with Crippen LogP contribution in [0, 0.1) is 0 Å². The van der Waals surface area contributed by atoms with Gasteiger partial charge in [0.25, 0.3) is 0 Å². The Morgan fingerprint density at radius 1 is 1.33 bits per heavy atom. The molecule has 72 valence electrons. The van der Waals surface area contributed by atoms with E-state index in [-0.39, 0.29) is 12.1 Å². The molecular formula is C8H17NO3. The lowest BCUT2D eigenvalue weighted by atomic mass is 9.97. The topological polar surface area (TPSA) is 52.9 Å². The van der Waals surface area contributed by atoms with Gasteiger partial charge in [0.05, 0.1) is 31.0 Å². The highest BCUT2D eigenvalue weighted by atomic mass is 16.5. The third-order valence-corrected chi connectivity index (χ3v) is 2.35. The lowest BCUT2D eigenvalue weighted by molar-refractivity contribution is -0.155. The van der Waals surface area contributed by atoms with E-state index in [4.69, 9.17) is 4.74 Å². The zero-order valence-electron chi connectivity index (χ0n) is 7.77. The van der Waals surface area contributed by atoms with Gasteiger partial charge < -0.3 is 19.8 Å². The number of aliphatic hydroxyl groups excluding tert-OH is 2. The van der Waals surface area contributed by atoms with Crippen molar-refractivity contribution >= 4 is 0 Å². The highest BCUT2D eigenvalue weighted by Gasteiger charge is 2.37. The van der Waals surface area contributed by atoms with Crippen molar-refractivity contribution in [2.75, 3.05) is 20.7 Å². The first-order valence-electron chi connectivity index (χ1n) is 4.18. The number of ether oxygens (including phenoxy) is 1. The maximum atomic E-state index is 9.65. The molecule has 0 amide bonds. The van der Waals surface area contributed by atoms with E-state index in [0.29, 0.717) is 6.61 Å². The monoisotopic (exact) mass is 175 g/mol.